The number of carbonyl (C=O) groups is 1. The lowest BCUT2D eigenvalue weighted by Gasteiger charge is -2.17. The molecule has 2 aromatic heterocycles. The van der Waals surface area contributed by atoms with Crippen molar-refractivity contribution in [2.75, 3.05) is 25.4 Å². The minimum Gasteiger partial charge on any atom is -0.494 e. The maximum Gasteiger partial charge on any atom is 0.233 e. The lowest BCUT2D eigenvalue weighted by molar-refractivity contribution is -0.127. The van der Waals surface area contributed by atoms with Crippen LogP contribution in [0.5, 0.6) is 5.75 Å². The normalized spacial score (nSPS) is 11.2. The molecule has 0 unspecified atom stereocenters. The van der Waals surface area contributed by atoms with E-state index in [0.717, 1.165) is 27.8 Å². The summed E-state index contributed by atoms with van der Waals surface area (Å²) in [6.45, 7) is 7.93. The van der Waals surface area contributed by atoms with Crippen molar-refractivity contribution in [3.8, 4) is 5.75 Å². The van der Waals surface area contributed by atoms with E-state index in [0.29, 0.717) is 30.6 Å². The van der Waals surface area contributed by atoms with Gasteiger partial charge in [0, 0.05) is 25.5 Å². The second kappa shape index (κ2) is 7.90. The van der Waals surface area contributed by atoms with E-state index < -0.39 is 0 Å². The standard InChI is InChI=1S/C18H23N5O2S/c1-5-23(6-2)15(24)11-26-18-19-17-16(20-21-18)13-10-12(25-7-3)8-9-14(13)22(17)4/h8-10H,5-7,11H2,1-4H3. The number of aromatic nitrogens is 4. The lowest BCUT2D eigenvalue weighted by Crippen LogP contribution is -2.31. The summed E-state index contributed by atoms with van der Waals surface area (Å²) < 4.78 is 7.57. The van der Waals surface area contributed by atoms with Gasteiger partial charge in [-0.25, -0.2) is 4.98 Å². The van der Waals surface area contributed by atoms with Crippen LogP contribution >= 0.6 is 11.8 Å². The third-order valence-electron chi connectivity index (χ3n) is 4.30. The van der Waals surface area contributed by atoms with Gasteiger partial charge in [-0.05, 0) is 39.0 Å². The molecule has 2 heterocycles. The Hall–Kier alpha value is -2.35. The summed E-state index contributed by atoms with van der Waals surface area (Å²) in [4.78, 5) is 18.6. The molecule has 0 N–H and O–H groups in total. The lowest BCUT2D eigenvalue weighted by atomic mass is 10.2. The van der Waals surface area contributed by atoms with E-state index in [4.69, 9.17) is 4.74 Å². The molecular weight excluding hydrogens is 350 g/mol. The number of aryl methyl sites for hydroxylation is 1. The van der Waals surface area contributed by atoms with Gasteiger partial charge in [0.25, 0.3) is 0 Å². The molecular formula is C18H23N5O2S. The maximum absolute atomic E-state index is 12.2. The minimum atomic E-state index is 0.0853. The number of fused-ring (bicyclic) bond motifs is 3. The summed E-state index contributed by atoms with van der Waals surface area (Å²) >= 11 is 1.32. The van der Waals surface area contributed by atoms with Crippen LogP contribution in [-0.2, 0) is 11.8 Å². The average Bonchev–Trinajstić information content (AvgIpc) is 2.93. The quantitative estimate of drug-likeness (QED) is 0.593. The first-order valence-electron chi connectivity index (χ1n) is 8.75. The summed E-state index contributed by atoms with van der Waals surface area (Å²) in [5.74, 6) is 1.20. The van der Waals surface area contributed by atoms with Crippen LogP contribution < -0.4 is 4.74 Å². The van der Waals surface area contributed by atoms with E-state index in [1.807, 2.05) is 50.6 Å². The number of ether oxygens (including phenoxy) is 1. The monoisotopic (exact) mass is 373 g/mol. The van der Waals surface area contributed by atoms with E-state index in [-0.39, 0.29) is 5.91 Å². The van der Waals surface area contributed by atoms with Crippen molar-refractivity contribution in [1.82, 2.24) is 24.6 Å². The number of hydrogen-bond acceptors (Lipinski definition) is 6. The molecule has 0 spiro atoms. The molecule has 0 aliphatic rings. The molecule has 7 nitrogen and oxygen atoms in total. The first-order valence-corrected chi connectivity index (χ1v) is 9.73. The summed E-state index contributed by atoms with van der Waals surface area (Å²) in [5, 5.41) is 10.0. The molecule has 0 radical (unpaired) electrons. The molecule has 138 valence electrons. The third-order valence-corrected chi connectivity index (χ3v) is 5.13. The maximum atomic E-state index is 12.2. The van der Waals surface area contributed by atoms with Gasteiger partial charge in [0.15, 0.2) is 5.65 Å². The van der Waals surface area contributed by atoms with Crippen molar-refractivity contribution in [3.05, 3.63) is 18.2 Å². The van der Waals surface area contributed by atoms with Crippen LogP contribution in [0.15, 0.2) is 23.4 Å². The smallest absolute Gasteiger partial charge is 0.233 e. The Morgan fingerprint density at radius 2 is 2.00 bits per heavy atom. The Kier molecular flexibility index (Phi) is 5.61. The van der Waals surface area contributed by atoms with Crippen LogP contribution in [0, 0.1) is 0 Å². The molecule has 0 saturated heterocycles. The SMILES string of the molecule is CCOc1ccc2c(c1)c1nnc(SCC(=O)N(CC)CC)nc1n2C. The predicted molar refractivity (Wildman–Crippen MR) is 104 cm³/mol. The van der Waals surface area contributed by atoms with Gasteiger partial charge in [-0.3, -0.25) is 4.79 Å². The zero-order valence-electron chi connectivity index (χ0n) is 15.5. The molecule has 0 bridgehead atoms. The predicted octanol–water partition coefficient (Wildman–Crippen LogP) is 2.88. The Balaban J connectivity index is 1.90. The molecule has 1 amide bonds. The third kappa shape index (κ3) is 3.46. The van der Waals surface area contributed by atoms with Gasteiger partial charge in [0.1, 0.15) is 11.3 Å². The van der Waals surface area contributed by atoms with Crippen molar-refractivity contribution in [1.29, 1.82) is 0 Å². The minimum absolute atomic E-state index is 0.0853. The first-order chi connectivity index (χ1) is 12.6. The molecule has 3 rings (SSSR count). The topological polar surface area (TPSA) is 73.1 Å². The number of hydrogen-bond donors (Lipinski definition) is 0. The highest BCUT2D eigenvalue weighted by atomic mass is 32.2. The number of benzene rings is 1. The van der Waals surface area contributed by atoms with Gasteiger partial charge in [-0.15, -0.1) is 10.2 Å². The van der Waals surface area contributed by atoms with Gasteiger partial charge in [0.05, 0.1) is 17.9 Å². The Morgan fingerprint density at radius 1 is 1.23 bits per heavy atom. The summed E-state index contributed by atoms with van der Waals surface area (Å²) in [6, 6.07) is 5.91. The molecule has 26 heavy (non-hydrogen) atoms. The highest BCUT2D eigenvalue weighted by Gasteiger charge is 2.15. The van der Waals surface area contributed by atoms with Crippen LogP contribution in [0.4, 0.5) is 0 Å². The van der Waals surface area contributed by atoms with Gasteiger partial charge in [-0.2, -0.15) is 0 Å². The molecule has 1 aromatic carbocycles. The summed E-state index contributed by atoms with van der Waals surface area (Å²) in [5.41, 5.74) is 2.51. The zero-order valence-corrected chi connectivity index (χ0v) is 16.3. The summed E-state index contributed by atoms with van der Waals surface area (Å²) in [7, 11) is 1.95. The van der Waals surface area contributed by atoms with E-state index >= 15 is 0 Å². The number of amides is 1. The molecule has 8 heteroatoms. The number of carbonyl (C=O) groups excluding carboxylic acids is 1. The van der Waals surface area contributed by atoms with Crippen molar-refractivity contribution < 1.29 is 9.53 Å². The molecule has 0 saturated carbocycles. The van der Waals surface area contributed by atoms with Gasteiger partial charge in [-0.1, -0.05) is 11.8 Å². The van der Waals surface area contributed by atoms with E-state index in [1.165, 1.54) is 11.8 Å². The van der Waals surface area contributed by atoms with Crippen LogP contribution in [-0.4, -0.2) is 56.0 Å². The van der Waals surface area contributed by atoms with Crippen LogP contribution in [0.1, 0.15) is 20.8 Å². The van der Waals surface area contributed by atoms with Gasteiger partial charge in [0.2, 0.25) is 11.1 Å². The Bertz CT molecular complexity index is 936. The highest BCUT2D eigenvalue weighted by Crippen LogP contribution is 2.29. The first kappa shape index (κ1) is 18.4. The molecule has 0 aliphatic heterocycles. The molecule has 0 atom stereocenters. The fraction of sp³-hybridized carbons (Fsp3) is 0.444. The Morgan fingerprint density at radius 3 is 2.69 bits per heavy atom. The Labute approximate surface area is 156 Å². The second-order valence-electron chi connectivity index (χ2n) is 5.79. The van der Waals surface area contributed by atoms with E-state index in [2.05, 4.69) is 15.2 Å². The van der Waals surface area contributed by atoms with E-state index in [9.17, 15) is 4.79 Å². The number of rotatable bonds is 7. The zero-order chi connectivity index (χ0) is 18.7. The molecule has 0 aliphatic carbocycles. The van der Waals surface area contributed by atoms with Crippen LogP contribution in [0.2, 0.25) is 0 Å². The number of thioether (sulfide) groups is 1. The summed E-state index contributed by atoms with van der Waals surface area (Å²) in [6.07, 6.45) is 0. The fourth-order valence-electron chi connectivity index (χ4n) is 2.93. The second-order valence-corrected chi connectivity index (χ2v) is 6.73. The molecule has 0 fully saturated rings. The highest BCUT2D eigenvalue weighted by molar-refractivity contribution is 7.99. The fourth-order valence-corrected chi connectivity index (χ4v) is 3.62. The average molecular weight is 373 g/mol. The van der Waals surface area contributed by atoms with Crippen molar-refractivity contribution in [3.63, 3.8) is 0 Å². The van der Waals surface area contributed by atoms with Crippen molar-refractivity contribution >= 4 is 39.7 Å². The van der Waals surface area contributed by atoms with Gasteiger partial charge >= 0.3 is 0 Å². The largest absolute Gasteiger partial charge is 0.494 e. The van der Waals surface area contributed by atoms with Crippen LogP contribution in [0.25, 0.3) is 22.1 Å². The van der Waals surface area contributed by atoms with Gasteiger partial charge < -0.3 is 14.2 Å². The van der Waals surface area contributed by atoms with Crippen molar-refractivity contribution in [2.24, 2.45) is 7.05 Å². The molecule has 3 aromatic rings. The number of nitrogens with zero attached hydrogens (tertiary/aromatic N) is 5. The van der Waals surface area contributed by atoms with Crippen LogP contribution in [0.3, 0.4) is 0 Å². The van der Waals surface area contributed by atoms with E-state index in [1.54, 1.807) is 4.90 Å². The van der Waals surface area contributed by atoms with Crippen molar-refractivity contribution in [2.45, 2.75) is 25.9 Å².